The molecule has 0 bridgehead atoms. The first-order valence-electron chi connectivity index (χ1n) is 7.91. The lowest BCUT2D eigenvalue weighted by Crippen LogP contribution is -2.07. The van der Waals surface area contributed by atoms with Gasteiger partial charge in [0.15, 0.2) is 5.13 Å². The minimum atomic E-state index is -0.225. The van der Waals surface area contributed by atoms with Crippen LogP contribution in [0, 0.1) is 6.92 Å². The van der Waals surface area contributed by atoms with Gasteiger partial charge in [-0.1, -0.05) is 35.9 Å². The number of carbonyl (C=O) groups is 1. The summed E-state index contributed by atoms with van der Waals surface area (Å²) in [6.45, 7) is 1.98. The van der Waals surface area contributed by atoms with Crippen molar-refractivity contribution < 1.29 is 9.53 Å². The molecule has 4 nitrogen and oxygen atoms in total. The molecule has 0 radical (unpaired) electrons. The third-order valence-corrected chi connectivity index (χ3v) is 4.83. The lowest BCUT2D eigenvalue weighted by Gasteiger charge is -1.99. The fourth-order valence-corrected chi connectivity index (χ4v) is 3.32. The molecule has 2 aromatic carbocycles. The van der Waals surface area contributed by atoms with E-state index in [9.17, 15) is 4.79 Å². The average Bonchev–Trinajstić information content (AvgIpc) is 3.01. The Kier molecular flexibility index (Phi) is 5.71. The first kappa shape index (κ1) is 18.2. The van der Waals surface area contributed by atoms with Crippen molar-refractivity contribution in [3.8, 4) is 17.0 Å². The van der Waals surface area contributed by atoms with Gasteiger partial charge in [-0.15, -0.1) is 11.3 Å². The molecule has 0 fully saturated rings. The molecule has 0 saturated heterocycles. The molecule has 1 aromatic heterocycles. The summed E-state index contributed by atoms with van der Waals surface area (Å²) in [7, 11) is 1.62. The number of carbonyl (C=O) groups excluding carboxylic acids is 1. The maximum absolute atomic E-state index is 12.1. The van der Waals surface area contributed by atoms with Crippen molar-refractivity contribution in [2.45, 2.75) is 6.92 Å². The van der Waals surface area contributed by atoms with Crippen molar-refractivity contribution in [1.82, 2.24) is 4.98 Å². The number of ether oxygens (including phenoxy) is 1. The van der Waals surface area contributed by atoms with E-state index < -0.39 is 0 Å². The number of methoxy groups -OCH3 is 1. The molecule has 3 aromatic rings. The maximum atomic E-state index is 12.1. The van der Waals surface area contributed by atoms with Crippen LogP contribution >= 0.6 is 22.9 Å². The fraction of sp³-hybridized carbons (Fsp3) is 0.100. The third-order valence-electron chi connectivity index (χ3n) is 3.69. The second kappa shape index (κ2) is 8.17. The van der Waals surface area contributed by atoms with Crippen molar-refractivity contribution in [3.63, 3.8) is 0 Å². The Hall–Kier alpha value is -2.63. The summed E-state index contributed by atoms with van der Waals surface area (Å²) in [5, 5.41) is 4.05. The predicted molar refractivity (Wildman–Crippen MR) is 108 cm³/mol. The third kappa shape index (κ3) is 4.50. The van der Waals surface area contributed by atoms with Crippen molar-refractivity contribution >= 4 is 40.1 Å². The zero-order valence-electron chi connectivity index (χ0n) is 14.3. The van der Waals surface area contributed by atoms with E-state index in [0.29, 0.717) is 10.2 Å². The molecule has 1 N–H and O–H groups in total. The highest BCUT2D eigenvalue weighted by atomic mass is 35.5. The number of thiazole rings is 1. The SMILES string of the molecule is COc1ccc(/C=C/C(=O)Nc2nc(-c3ccc(Cl)cc3)c(C)s2)cc1. The van der Waals surface area contributed by atoms with Crippen LogP contribution in [0.2, 0.25) is 5.02 Å². The van der Waals surface area contributed by atoms with Crippen molar-refractivity contribution in [3.05, 3.63) is 70.1 Å². The number of aryl methyl sites for hydroxylation is 1. The number of hydrogen-bond acceptors (Lipinski definition) is 4. The monoisotopic (exact) mass is 384 g/mol. The first-order valence-corrected chi connectivity index (χ1v) is 9.11. The first-order chi connectivity index (χ1) is 12.5. The van der Waals surface area contributed by atoms with E-state index in [1.165, 1.54) is 17.4 Å². The van der Waals surface area contributed by atoms with E-state index in [1.54, 1.807) is 13.2 Å². The Morgan fingerprint density at radius 2 is 1.85 bits per heavy atom. The van der Waals surface area contributed by atoms with Crippen molar-refractivity contribution in [2.24, 2.45) is 0 Å². The van der Waals surface area contributed by atoms with Crippen LogP contribution in [0.4, 0.5) is 5.13 Å². The zero-order valence-corrected chi connectivity index (χ0v) is 15.9. The van der Waals surface area contributed by atoms with Gasteiger partial charge in [0.25, 0.3) is 0 Å². The smallest absolute Gasteiger partial charge is 0.250 e. The quantitative estimate of drug-likeness (QED) is 0.596. The molecule has 6 heteroatoms. The number of rotatable bonds is 5. The number of anilines is 1. The molecule has 0 aliphatic carbocycles. The summed E-state index contributed by atoms with van der Waals surface area (Å²) in [5.74, 6) is 0.553. The summed E-state index contributed by atoms with van der Waals surface area (Å²) in [6.07, 6.45) is 3.23. The lowest BCUT2D eigenvalue weighted by molar-refractivity contribution is -0.111. The average molecular weight is 385 g/mol. The molecule has 0 unspecified atom stereocenters. The summed E-state index contributed by atoms with van der Waals surface area (Å²) in [6, 6.07) is 14.9. The number of amides is 1. The van der Waals surface area contributed by atoms with Crippen LogP contribution < -0.4 is 10.1 Å². The van der Waals surface area contributed by atoms with E-state index in [2.05, 4.69) is 10.3 Å². The number of nitrogens with one attached hydrogen (secondary N) is 1. The normalized spacial score (nSPS) is 10.9. The standard InChI is InChI=1S/C20H17ClN2O2S/c1-13-19(15-6-8-16(21)9-7-15)23-20(26-13)22-18(24)12-5-14-3-10-17(25-2)11-4-14/h3-12H,1-2H3,(H,22,23,24)/b12-5+. The van der Waals surface area contributed by atoms with E-state index in [4.69, 9.17) is 16.3 Å². The van der Waals surface area contributed by atoms with E-state index in [0.717, 1.165) is 27.4 Å². The topological polar surface area (TPSA) is 51.2 Å². The van der Waals surface area contributed by atoms with Crippen LogP contribution in [0.15, 0.2) is 54.6 Å². The lowest BCUT2D eigenvalue weighted by atomic mass is 10.1. The second-order valence-corrected chi connectivity index (χ2v) is 7.17. The van der Waals surface area contributed by atoms with E-state index in [-0.39, 0.29) is 5.91 Å². The molecule has 1 amide bonds. The number of aromatic nitrogens is 1. The van der Waals surface area contributed by atoms with Crippen LogP contribution in [0.5, 0.6) is 5.75 Å². The fourth-order valence-electron chi connectivity index (χ4n) is 2.36. The summed E-state index contributed by atoms with van der Waals surface area (Å²) in [4.78, 5) is 17.7. The van der Waals surface area contributed by atoms with Crippen molar-refractivity contribution in [1.29, 1.82) is 0 Å². The minimum absolute atomic E-state index is 0.225. The van der Waals surface area contributed by atoms with Gasteiger partial charge < -0.3 is 4.74 Å². The summed E-state index contributed by atoms with van der Waals surface area (Å²) < 4.78 is 5.11. The second-order valence-electron chi connectivity index (χ2n) is 5.53. The van der Waals surface area contributed by atoms with E-state index >= 15 is 0 Å². The number of nitrogens with zero attached hydrogens (tertiary/aromatic N) is 1. The molecule has 0 spiro atoms. The van der Waals surface area contributed by atoms with Gasteiger partial charge in [0.05, 0.1) is 12.8 Å². The van der Waals surface area contributed by atoms with Gasteiger partial charge >= 0.3 is 0 Å². The number of halogens is 1. The molecule has 0 atom stereocenters. The number of hydrogen-bond donors (Lipinski definition) is 1. The zero-order chi connectivity index (χ0) is 18.5. The highest BCUT2D eigenvalue weighted by Gasteiger charge is 2.11. The van der Waals surface area contributed by atoms with Gasteiger partial charge in [0.1, 0.15) is 5.75 Å². The predicted octanol–water partition coefficient (Wildman–Crippen LogP) is 5.43. The molecule has 0 aliphatic heterocycles. The van der Waals surface area contributed by atoms with Gasteiger partial charge in [-0.25, -0.2) is 4.98 Å². The van der Waals surface area contributed by atoms with Gasteiger partial charge in [0, 0.05) is 21.5 Å². The van der Waals surface area contributed by atoms with Crippen molar-refractivity contribution in [2.75, 3.05) is 12.4 Å². The Labute approximate surface area is 161 Å². The van der Waals surface area contributed by atoms with Crippen LogP contribution in [0.3, 0.4) is 0 Å². The molecule has 132 valence electrons. The van der Waals surface area contributed by atoms with Gasteiger partial charge in [-0.05, 0) is 42.8 Å². The minimum Gasteiger partial charge on any atom is -0.497 e. The van der Waals surface area contributed by atoms with Gasteiger partial charge in [0.2, 0.25) is 5.91 Å². The Morgan fingerprint density at radius 3 is 2.50 bits per heavy atom. The summed E-state index contributed by atoms with van der Waals surface area (Å²) in [5.41, 5.74) is 2.73. The summed E-state index contributed by atoms with van der Waals surface area (Å²) >= 11 is 7.37. The largest absolute Gasteiger partial charge is 0.497 e. The van der Waals surface area contributed by atoms with E-state index in [1.807, 2.05) is 55.5 Å². The van der Waals surface area contributed by atoms with Gasteiger partial charge in [-0.3, -0.25) is 10.1 Å². The Morgan fingerprint density at radius 1 is 1.15 bits per heavy atom. The Balaban J connectivity index is 1.68. The van der Waals surface area contributed by atoms with Crippen LogP contribution in [0.1, 0.15) is 10.4 Å². The number of benzene rings is 2. The van der Waals surface area contributed by atoms with Crippen LogP contribution in [0.25, 0.3) is 17.3 Å². The molecule has 0 aliphatic rings. The molecule has 0 saturated carbocycles. The molecular formula is C20H17ClN2O2S. The molecule has 3 rings (SSSR count). The highest BCUT2D eigenvalue weighted by molar-refractivity contribution is 7.16. The maximum Gasteiger partial charge on any atom is 0.250 e. The van der Waals surface area contributed by atoms with Crippen LogP contribution in [-0.2, 0) is 4.79 Å². The van der Waals surface area contributed by atoms with Crippen LogP contribution in [-0.4, -0.2) is 18.0 Å². The highest BCUT2D eigenvalue weighted by Crippen LogP contribution is 2.31. The molecule has 26 heavy (non-hydrogen) atoms. The Bertz CT molecular complexity index is 931. The molecule has 1 heterocycles. The molecular weight excluding hydrogens is 368 g/mol. The van der Waals surface area contributed by atoms with Gasteiger partial charge in [-0.2, -0.15) is 0 Å².